The van der Waals surface area contributed by atoms with Gasteiger partial charge in [0.15, 0.2) is 0 Å². The van der Waals surface area contributed by atoms with Crippen LogP contribution in [0.25, 0.3) is 0 Å². The van der Waals surface area contributed by atoms with Crippen molar-refractivity contribution in [2.75, 3.05) is 65.2 Å². The van der Waals surface area contributed by atoms with E-state index >= 15 is 0 Å². The van der Waals surface area contributed by atoms with E-state index in [-0.39, 0.29) is 6.61 Å². The Morgan fingerprint density at radius 1 is 1.16 bits per heavy atom. The molecule has 3 N–H and O–H groups in total. The zero-order valence-electron chi connectivity index (χ0n) is 15.5. The van der Waals surface area contributed by atoms with Gasteiger partial charge in [0.1, 0.15) is 5.82 Å². The highest BCUT2D eigenvalue weighted by atomic mass is 16.3. The molecule has 0 aliphatic carbocycles. The first-order chi connectivity index (χ1) is 12.1. The summed E-state index contributed by atoms with van der Waals surface area (Å²) in [5.74, 6) is 1.61. The second-order valence-corrected chi connectivity index (χ2v) is 7.85. The summed E-state index contributed by atoms with van der Waals surface area (Å²) in [5, 5.41) is 9.75. The van der Waals surface area contributed by atoms with Crippen LogP contribution in [0.15, 0.2) is 18.3 Å². The molecule has 0 spiro atoms. The molecule has 0 amide bonds. The normalized spacial score (nSPS) is 27.3. The van der Waals surface area contributed by atoms with Crippen LogP contribution in [0, 0.1) is 11.8 Å². The Hall–Kier alpha value is -1.21. The topological polar surface area (TPSA) is 68.9 Å². The van der Waals surface area contributed by atoms with Crippen LogP contribution >= 0.6 is 0 Å². The van der Waals surface area contributed by atoms with Crippen LogP contribution in [-0.4, -0.2) is 84.3 Å². The Bertz CT molecular complexity index is 540. The maximum absolute atomic E-state index is 9.75. The third kappa shape index (κ3) is 5.38. The number of nitrogens with zero attached hydrogens (tertiary/aromatic N) is 4. The van der Waals surface area contributed by atoms with Gasteiger partial charge in [0.25, 0.3) is 0 Å². The fourth-order valence-corrected chi connectivity index (χ4v) is 4.29. The van der Waals surface area contributed by atoms with Gasteiger partial charge in [0.2, 0.25) is 0 Å². The Balaban J connectivity index is 1.59. The number of nitrogen functional groups attached to an aromatic ring is 1. The van der Waals surface area contributed by atoms with Crippen LogP contribution in [-0.2, 0) is 6.54 Å². The molecule has 2 aliphatic rings. The molecule has 1 aromatic heterocycles. The first kappa shape index (κ1) is 18.6. The van der Waals surface area contributed by atoms with Crippen LogP contribution in [0.5, 0.6) is 0 Å². The van der Waals surface area contributed by atoms with Crippen molar-refractivity contribution in [3.05, 3.63) is 23.9 Å². The average Bonchev–Trinajstić information content (AvgIpc) is 2.81. The van der Waals surface area contributed by atoms with Crippen molar-refractivity contribution >= 4 is 5.82 Å². The molecule has 0 unspecified atom stereocenters. The minimum atomic E-state index is 0.276. The predicted molar refractivity (Wildman–Crippen MR) is 101 cm³/mol. The van der Waals surface area contributed by atoms with Gasteiger partial charge in [-0.05, 0) is 50.9 Å². The molecule has 6 nitrogen and oxygen atoms in total. The van der Waals surface area contributed by atoms with E-state index in [9.17, 15) is 5.11 Å². The first-order valence-corrected chi connectivity index (χ1v) is 9.57. The molecule has 1 aromatic rings. The molecule has 0 bridgehead atoms. The lowest BCUT2D eigenvalue weighted by Crippen LogP contribution is -2.45. The Morgan fingerprint density at radius 2 is 2.00 bits per heavy atom. The van der Waals surface area contributed by atoms with Gasteiger partial charge in [-0.1, -0.05) is 6.07 Å². The number of nitrogens with two attached hydrogens (primary N) is 1. The predicted octanol–water partition coefficient (Wildman–Crippen LogP) is 0.732. The summed E-state index contributed by atoms with van der Waals surface area (Å²) in [6.07, 6.45) is 4.12. The standard InChI is InChI=1S/C19H33N5O/c1-22-6-3-7-23(9-8-22)11-16-10-17(15-25)13-24(12-16)14-18-4-2-5-21-19(18)20/h2,4-5,16-17,25H,3,6-15H2,1H3,(H2,20,21)/t16-,17+/m1/s1. The molecule has 2 saturated heterocycles. The van der Waals surface area contributed by atoms with E-state index in [0.717, 1.165) is 51.3 Å². The molecule has 140 valence electrons. The summed E-state index contributed by atoms with van der Waals surface area (Å²) in [6, 6.07) is 4.01. The maximum atomic E-state index is 9.75. The number of aliphatic hydroxyl groups excluding tert-OH is 1. The molecular formula is C19H33N5O. The van der Waals surface area contributed by atoms with Crippen molar-refractivity contribution in [2.24, 2.45) is 11.8 Å². The Labute approximate surface area is 151 Å². The summed E-state index contributed by atoms with van der Waals surface area (Å²) >= 11 is 0. The number of hydrogen-bond acceptors (Lipinski definition) is 6. The van der Waals surface area contributed by atoms with Crippen LogP contribution in [0.4, 0.5) is 5.82 Å². The molecule has 2 fully saturated rings. The Kier molecular flexibility index (Phi) is 6.64. The SMILES string of the molecule is CN1CCCN(C[C@H]2C[C@H](CO)CN(Cc3cccnc3N)C2)CC1. The number of aliphatic hydroxyl groups is 1. The number of hydrogen-bond donors (Lipinski definition) is 2. The summed E-state index contributed by atoms with van der Waals surface area (Å²) in [4.78, 5) is 11.7. The number of piperidine rings is 1. The van der Waals surface area contributed by atoms with Gasteiger partial charge in [-0.2, -0.15) is 0 Å². The number of likely N-dealkylation sites (tertiary alicyclic amines) is 1. The minimum Gasteiger partial charge on any atom is -0.396 e. The third-order valence-corrected chi connectivity index (χ3v) is 5.61. The van der Waals surface area contributed by atoms with Crippen molar-refractivity contribution < 1.29 is 5.11 Å². The van der Waals surface area contributed by atoms with Crippen LogP contribution in [0.3, 0.4) is 0 Å². The lowest BCUT2D eigenvalue weighted by atomic mass is 9.89. The first-order valence-electron chi connectivity index (χ1n) is 9.57. The average molecular weight is 348 g/mol. The monoisotopic (exact) mass is 347 g/mol. The summed E-state index contributed by atoms with van der Waals surface area (Å²) in [6.45, 7) is 8.99. The van der Waals surface area contributed by atoms with Crippen molar-refractivity contribution in [3.63, 3.8) is 0 Å². The zero-order valence-corrected chi connectivity index (χ0v) is 15.5. The summed E-state index contributed by atoms with van der Waals surface area (Å²) in [5.41, 5.74) is 7.11. The molecular weight excluding hydrogens is 314 g/mol. The van der Waals surface area contributed by atoms with Gasteiger partial charge < -0.3 is 20.6 Å². The van der Waals surface area contributed by atoms with E-state index in [0.29, 0.717) is 17.7 Å². The number of likely N-dealkylation sites (N-methyl/N-ethyl adjacent to an activating group) is 1. The second kappa shape index (κ2) is 8.94. The number of anilines is 1. The van der Waals surface area contributed by atoms with Gasteiger partial charge in [-0.15, -0.1) is 0 Å². The van der Waals surface area contributed by atoms with Gasteiger partial charge in [-0.25, -0.2) is 4.98 Å². The molecule has 6 heteroatoms. The summed E-state index contributed by atoms with van der Waals surface area (Å²) < 4.78 is 0. The molecule has 3 rings (SSSR count). The third-order valence-electron chi connectivity index (χ3n) is 5.61. The van der Waals surface area contributed by atoms with E-state index in [2.05, 4.69) is 32.8 Å². The quantitative estimate of drug-likeness (QED) is 0.819. The molecule has 2 aliphatic heterocycles. The highest BCUT2D eigenvalue weighted by Crippen LogP contribution is 2.25. The molecule has 25 heavy (non-hydrogen) atoms. The van der Waals surface area contributed by atoms with Crippen LogP contribution in [0.2, 0.25) is 0 Å². The van der Waals surface area contributed by atoms with E-state index in [1.807, 2.05) is 6.07 Å². The van der Waals surface area contributed by atoms with Gasteiger partial charge in [-0.3, -0.25) is 4.90 Å². The van der Waals surface area contributed by atoms with Gasteiger partial charge in [0.05, 0.1) is 0 Å². The second-order valence-electron chi connectivity index (χ2n) is 7.85. The zero-order chi connectivity index (χ0) is 17.6. The highest BCUT2D eigenvalue weighted by Gasteiger charge is 2.29. The Morgan fingerprint density at radius 3 is 2.80 bits per heavy atom. The van der Waals surface area contributed by atoms with E-state index in [1.165, 1.54) is 19.5 Å². The largest absolute Gasteiger partial charge is 0.396 e. The molecule has 3 heterocycles. The number of rotatable bonds is 5. The number of aromatic nitrogens is 1. The smallest absolute Gasteiger partial charge is 0.127 e. The van der Waals surface area contributed by atoms with Gasteiger partial charge in [0, 0.05) is 57.6 Å². The molecule has 0 saturated carbocycles. The van der Waals surface area contributed by atoms with Crippen molar-refractivity contribution in [3.8, 4) is 0 Å². The van der Waals surface area contributed by atoms with Crippen molar-refractivity contribution in [1.29, 1.82) is 0 Å². The fraction of sp³-hybridized carbons (Fsp3) is 0.737. The minimum absolute atomic E-state index is 0.276. The van der Waals surface area contributed by atoms with E-state index < -0.39 is 0 Å². The molecule has 2 atom stereocenters. The van der Waals surface area contributed by atoms with E-state index in [1.54, 1.807) is 6.20 Å². The number of pyridine rings is 1. The lowest BCUT2D eigenvalue weighted by Gasteiger charge is -2.39. The molecule has 0 aromatic carbocycles. The van der Waals surface area contributed by atoms with Crippen molar-refractivity contribution in [2.45, 2.75) is 19.4 Å². The van der Waals surface area contributed by atoms with Crippen LogP contribution < -0.4 is 5.73 Å². The van der Waals surface area contributed by atoms with E-state index in [4.69, 9.17) is 5.73 Å². The van der Waals surface area contributed by atoms with Crippen molar-refractivity contribution in [1.82, 2.24) is 19.7 Å². The van der Waals surface area contributed by atoms with Crippen LogP contribution in [0.1, 0.15) is 18.4 Å². The van der Waals surface area contributed by atoms with Gasteiger partial charge >= 0.3 is 0 Å². The summed E-state index contributed by atoms with van der Waals surface area (Å²) in [7, 11) is 2.21. The fourth-order valence-electron chi connectivity index (χ4n) is 4.29. The maximum Gasteiger partial charge on any atom is 0.127 e. The lowest BCUT2D eigenvalue weighted by molar-refractivity contribution is 0.0628. The highest BCUT2D eigenvalue weighted by molar-refractivity contribution is 5.38. The molecule has 0 radical (unpaired) electrons.